The predicted molar refractivity (Wildman–Crippen MR) is 83.1 cm³/mol. The molecule has 0 saturated heterocycles. The molecular formula is C19H26O3. The molecule has 4 rings (SSSR count). The first-order valence-electron chi connectivity index (χ1n) is 9.00. The van der Waals surface area contributed by atoms with Crippen LogP contribution < -0.4 is 0 Å². The summed E-state index contributed by atoms with van der Waals surface area (Å²) in [5, 5.41) is 10.5. The monoisotopic (exact) mass is 302 g/mol. The molecule has 0 aliphatic heterocycles. The van der Waals surface area contributed by atoms with Crippen LogP contribution in [0.15, 0.2) is 11.6 Å². The minimum Gasteiger partial charge on any atom is -0.392 e. The van der Waals surface area contributed by atoms with Crippen LogP contribution in [0.3, 0.4) is 0 Å². The zero-order valence-corrected chi connectivity index (χ0v) is 13.4. The average Bonchev–Trinajstić information content (AvgIpc) is 2.90. The van der Waals surface area contributed by atoms with Gasteiger partial charge in [-0.1, -0.05) is 25.3 Å². The van der Waals surface area contributed by atoms with Crippen molar-refractivity contribution in [2.45, 2.75) is 64.4 Å². The molecule has 120 valence electrons. The van der Waals surface area contributed by atoms with Crippen molar-refractivity contribution in [3.05, 3.63) is 11.6 Å². The third-order valence-corrected chi connectivity index (χ3v) is 7.36. The summed E-state index contributed by atoms with van der Waals surface area (Å²) >= 11 is 0. The molecule has 4 aliphatic carbocycles. The molecule has 22 heavy (non-hydrogen) atoms. The summed E-state index contributed by atoms with van der Waals surface area (Å²) in [5.74, 6) is 1.34. The molecule has 0 bridgehead atoms. The van der Waals surface area contributed by atoms with Crippen LogP contribution in [0.2, 0.25) is 0 Å². The van der Waals surface area contributed by atoms with Crippen LogP contribution in [-0.2, 0) is 9.59 Å². The van der Waals surface area contributed by atoms with E-state index in [1.165, 1.54) is 32.1 Å². The van der Waals surface area contributed by atoms with E-state index in [9.17, 15) is 14.7 Å². The van der Waals surface area contributed by atoms with Crippen molar-refractivity contribution in [1.29, 1.82) is 0 Å². The summed E-state index contributed by atoms with van der Waals surface area (Å²) < 4.78 is 0. The summed E-state index contributed by atoms with van der Waals surface area (Å²) in [4.78, 5) is 24.6. The number of hydrogen-bond acceptors (Lipinski definition) is 3. The van der Waals surface area contributed by atoms with Gasteiger partial charge in [-0.3, -0.25) is 9.59 Å². The van der Waals surface area contributed by atoms with E-state index in [4.69, 9.17) is 0 Å². The van der Waals surface area contributed by atoms with Crippen molar-refractivity contribution in [1.82, 2.24) is 0 Å². The van der Waals surface area contributed by atoms with Crippen molar-refractivity contribution in [3.8, 4) is 0 Å². The smallest absolute Gasteiger partial charge is 0.158 e. The second kappa shape index (κ2) is 5.02. The summed E-state index contributed by atoms with van der Waals surface area (Å²) in [6, 6.07) is 0. The number of rotatable bonds is 1. The van der Waals surface area contributed by atoms with E-state index in [1.54, 1.807) is 6.08 Å². The van der Waals surface area contributed by atoms with Gasteiger partial charge in [0.05, 0.1) is 6.10 Å². The Hall–Kier alpha value is -0.960. The SMILES string of the molecule is CC[C@@]12CCC[C@H]1[C@@H]1C(=O)CC3=CC(=O)C[C@H](O)[C@@H]3[C@H]1CC2. The number of fused-ring (bicyclic) bond motifs is 5. The molecule has 0 aromatic carbocycles. The predicted octanol–water partition coefficient (Wildman–Crippen LogP) is 3.06. The Morgan fingerprint density at radius 1 is 1.23 bits per heavy atom. The third-order valence-electron chi connectivity index (χ3n) is 7.36. The van der Waals surface area contributed by atoms with E-state index >= 15 is 0 Å². The summed E-state index contributed by atoms with van der Waals surface area (Å²) in [7, 11) is 0. The Morgan fingerprint density at radius 3 is 2.82 bits per heavy atom. The zero-order chi connectivity index (χ0) is 15.5. The van der Waals surface area contributed by atoms with Crippen LogP contribution in [-0.4, -0.2) is 22.8 Å². The number of carbonyl (C=O) groups excluding carboxylic acids is 2. The van der Waals surface area contributed by atoms with Crippen molar-refractivity contribution in [2.24, 2.45) is 29.1 Å². The number of ketones is 2. The molecule has 3 fully saturated rings. The standard InChI is InChI=1S/C19H26O3/c1-2-19-6-3-4-14(19)18-13(5-7-19)17-11(9-15(18)21)8-12(20)10-16(17)22/h8,13-14,16-18,22H,2-7,9-10H2,1H3/t13-,14+,16+,17+,18-,19+/m1/s1. The second-order valence-electron chi connectivity index (χ2n) is 8.07. The molecule has 0 aromatic heterocycles. The fraction of sp³-hybridized carbons (Fsp3) is 0.789. The molecule has 4 aliphatic rings. The van der Waals surface area contributed by atoms with Gasteiger partial charge in [0.25, 0.3) is 0 Å². The normalized spacial score (nSPS) is 47.5. The highest BCUT2D eigenvalue weighted by molar-refractivity contribution is 5.95. The van der Waals surface area contributed by atoms with Gasteiger partial charge >= 0.3 is 0 Å². The second-order valence-corrected chi connectivity index (χ2v) is 8.07. The first-order valence-corrected chi connectivity index (χ1v) is 9.00. The Morgan fingerprint density at radius 2 is 2.05 bits per heavy atom. The van der Waals surface area contributed by atoms with Crippen LogP contribution in [0.25, 0.3) is 0 Å². The largest absolute Gasteiger partial charge is 0.392 e. The summed E-state index contributed by atoms with van der Waals surface area (Å²) in [5.41, 5.74) is 1.31. The van der Waals surface area contributed by atoms with Gasteiger partial charge in [-0.25, -0.2) is 0 Å². The lowest BCUT2D eigenvalue weighted by molar-refractivity contribution is -0.138. The van der Waals surface area contributed by atoms with Crippen LogP contribution in [0.4, 0.5) is 0 Å². The van der Waals surface area contributed by atoms with Gasteiger partial charge in [0, 0.05) is 24.7 Å². The van der Waals surface area contributed by atoms with E-state index in [2.05, 4.69) is 6.92 Å². The maximum Gasteiger partial charge on any atom is 0.158 e. The molecule has 0 radical (unpaired) electrons. The molecule has 0 amide bonds. The fourth-order valence-corrected chi connectivity index (χ4v) is 6.44. The number of carbonyl (C=O) groups is 2. The minimum absolute atomic E-state index is 0.00965. The third kappa shape index (κ3) is 1.90. The molecule has 3 heteroatoms. The maximum absolute atomic E-state index is 12.9. The van der Waals surface area contributed by atoms with Gasteiger partial charge in [-0.05, 0) is 49.0 Å². The number of aliphatic hydroxyl groups excluding tert-OH is 1. The lowest BCUT2D eigenvalue weighted by Crippen LogP contribution is -2.52. The Balaban J connectivity index is 1.72. The van der Waals surface area contributed by atoms with Crippen molar-refractivity contribution < 1.29 is 14.7 Å². The lowest BCUT2D eigenvalue weighted by atomic mass is 9.51. The van der Waals surface area contributed by atoms with Crippen LogP contribution in [0.5, 0.6) is 0 Å². The van der Waals surface area contributed by atoms with Crippen molar-refractivity contribution in [2.75, 3.05) is 0 Å². The van der Waals surface area contributed by atoms with E-state index in [0.29, 0.717) is 23.5 Å². The highest BCUT2D eigenvalue weighted by Crippen LogP contribution is 2.62. The summed E-state index contributed by atoms with van der Waals surface area (Å²) in [6.07, 6.45) is 8.90. The Labute approximate surface area is 132 Å². The quantitative estimate of drug-likeness (QED) is 0.810. The minimum atomic E-state index is -0.566. The van der Waals surface area contributed by atoms with Crippen LogP contribution in [0.1, 0.15) is 58.3 Å². The van der Waals surface area contributed by atoms with Crippen molar-refractivity contribution in [3.63, 3.8) is 0 Å². The highest BCUT2D eigenvalue weighted by atomic mass is 16.3. The molecule has 0 aromatic rings. The van der Waals surface area contributed by atoms with E-state index in [1.807, 2.05) is 0 Å². The molecule has 6 atom stereocenters. The van der Waals surface area contributed by atoms with E-state index in [-0.39, 0.29) is 30.0 Å². The maximum atomic E-state index is 12.9. The van der Waals surface area contributed by atoms with E-state index in [0.717, 1.165) is 12.0 Å². The molecule has 3 saturated carbocycles. The van der Waals surface area contributed by atoms with Gasteiger partial charge in [0.2, 0.25) is 0 Å². The molecule has 3 nitrogen and oxygen atoms in total. The molecule has 0 heterocycles. The summed E-state index contributed by atoms with van der Waals surface area (Å²) in [6.45, 7) is 2.28. The van der Waals surface area contributed by atoms with Gasteiger partial charge in [0.1, 0.15) is 5.78 Å². The Kier molecular flexibility index (Phi) is 3.34. The van der Waals surface area contributed by atoms with Gasteiger partial charge in [-0.2, -0.15) is 0 Å². The Bertz CT molecular complexity index is 549. The number of hydrogen-bond donors (Lipinski definition) is 1. The first-order chi connectivity index (χ1) is 10.6. The molecule has 0 unspecified atom stereocenters. The highest BCUT2D eigenvalue weighted by Gasteiger charge is 2.57. The van der Waals surface area contributed by atoms with Gasteiger partial charge in [-0.15, -0.1) is 0 Å². The van der Waals surface area contributed by atoms with Gasteiger partial charge in [0.15, 0.2) is 5.78 Å². The van der Waals surface area contributed by atoms with Gasteiger partial charge < -0.3 is 5.11 Å². The number of Topliss-reactive ketones (excluding diaryl/α,β-unsaturated/α-hetero) is 1. The lowest BCUT2D eigenvalue weighted by Gasteiger charge is -2.53. The van der Waals surface area contributed by atoms with Crippen LogP contribution in [0, 0.1) is 29.1 Å². The molecule has 1 N–H and O–H groups in total. The van der Waals surface area contributed by atoms with E-state index < -0.39 is 6.10 Å². The zero-order valence-electron chi connectivity index (χ0n) is 13.4. The average molecular weight is 302 g/mol. The molecule has 0 spiro atoms. The van der Waals surface area contributed by atoms with Crippen LogP contribution >= 0.6 is 0 Å². The topological polar surface area (TPSA) is 54.4 Å². The number of aliphatic hydroxyl groups is 1. The fourth-order valence-electron chi connectivity index (χ4n) is 6.44. The molecular weight excluding hydrogens is 276 g/mol. The van der Waals surface area contributed by atoms with Crippen molar-refractivity contribution >= 4 is 11.6 Å². The first kappa shape index (κ1) is 14.6.